The van der Waals surface area contributed by atoms with Crippen molar-refractivity contribution in [3.05, 3.63) is 146 Å². The quantitative estimate of drug-likeness (QED) is 0.0205. The highest BCUT2D eigenvalue weighted by atomic mass is 31.2. The van der Waals surface area contributed by atoms with Crippen LogP contribution in [0.15, 0.2) is 146 Å². The molecular weight excluding hydrogens is 1000 g/mol. The number of esters is 1. The first-order valence-corrected chi connectivity index (χ1v) is 32.7. The van der Waals surface area contributed by atoms with E-state index in [1.807, 2.05) is 33.3 Å². The Kier molecular flexibility index (Phi) is 54.2. The summed E-state index contributed by atoms with van der Waals surface area (Å²) in [6.45, 7) is 6.70. The van der Waals surface area contributed by atoms with Crippen LogP contribution in [0, 0.1) is 0 Å². The number of nitrogens with zero attached hydrogens (tertiary/aromatic N) is 1. The molecule has 0 aliphatic carbocycles. The molecular formula is C69H116N2O7P+. The summed E-state index contributed by atoms with van der Waals surface area (Å²) in [4.78, 5) is 37.7. The highest BCUT2D eigenvalue weighted by Crippen LogP contribution is 2.43. The maximum Gasteiger partial charge on any atom is 0.472 e. The summed E-state index contributed by atoms with van der Waals surface area (Å²) in [7, 11) is 1.42. The van der Waals surface area contributed by atoms with E-state index in [2.05, 4.69) is 160 Å². The fourth-order valence-corrected chi connectivity index (χ4v) is 8.77. The van der Waals surface area contributed by atoms with E-state index in [9.17, 15) is 19.0 Å². The molecule has 0 radical (unpaired) electrons. The third kappa shape index (κ3) is 58.4. The van der Waals surface area contributed by atoms with Gasteiger partial charge < -0.3 is 19.4 Å². The normalized spacial score (nSPS) is 14.7. The molecule has 0 bridgehead atoms. The predicted molar refractivity (Wildman–Crippen MR) is 341 cm³/mol. The molecule has 1 amide bonds. The molecule has 79 heavy (non-hydrogen) atoms. The number of rotatable bonds is 54. The van der Waals surface area contributed by atoms with Gasteiger partial charge in [-0.15, -0.1) is 0 Å². The monoisotopic (exact) mass is 1120 g/mol. The molecule has 0 aromatic heterocycles. The van der Waals surface area contributed by atoms with E-state index in [0.717, 1.165) is 122 Å². The number of hydrogen-bond donors (Lipinski definition) is 2. The third-order valence-electron chi connectivity index (χ3n) is 12.8. The summed E-state index contributed by atoms with van der Waals surface area (Å²) in [5.74, 6) is -0.614. The summed E-state index contributed by atoms with van der Waals surface area (Å²) < 4.78 is 30.6. The Morgan fingerprint density at radius 1 is 0.456 bits per heavy atom. The highest BCUT2D eigenvalue weighted by Gasteiger charge is 2.30. The van der Waals surface area contributed by atoms with Crippen LogP contribution in [-0.4, -0.2) is 74.3 Å². The first-order chi connectivity index (χ1) is 38.4. The molecule has 0 fully saturated rings. The van der Waals surface area contributed by atoms with E-state index in [-0.39, 0.29) is 32.0 Å². The minimum Gasteiger partial charge on any atom is -0.456 e. The lowest BCUT2D eigenvalue weighted by atomic mass is 10.0. The Balaban J connectivity index is 5.42. The maximum atomic E-state index is 13.6. The van der Waals surface area contributed by atoms with Crippen LogP contribution in [0.5, 0.6) is 0 Å². The van der Waals surface area contributed by atoms with Gasteiger partial charge in [0.25, 0.3) is 0 Å². The molecule has 2 N–H and O–H groups in total. The molecule has 10 heteroatoms. The molecule has 0 aliphatic heterocycles. The molecule has 0 saturated heterocycles. The SMILES string of the molecule is CC/C=C\C/C=C\C/C=C\C/C=C\C/C=C\C/C=C\CCCCCCC(=O)NC(COP(=O)(O)OCC[N+](C)(C)C)C(/C=C\CCCCCCCCCCCCC)OC(=O)CCC/C=C\C/C=C\C/C=C\C/C=C\C/C=C\CC. The number of carbonyl (C=O) groups excluding carboxylic acids is 2. The van der Waals surface area contributed by atoms with Crippen molar-refractivity contribution in [3.63, 3.8) is 0 Å². The van der Waals surface area contributed by atoms with Crippen molar-refractivity contribution in [1.29, 1.82) is 0 Å². The minimum atomic E-state index is -4.48. The second-order valence-corrected chi connectivity index (χ2v) is 22.9. The molecule has 0 aliphatic rings. The van der Waals surface area contributed by atoms with Gasteiger partial charge in [-0.3, -0.25) is 18.6 Å². The summed E-state index contributed by atoms with van der Waals surface area (Å²) >= 11 is 0. The molecule has 0 heterocycles. The maximum absolute atomic E-state index is 13.6. The smallest absolute Gasteiger partial charge is 0.456 e. The van der Waals surface area contributed by atoms with Gasteiger partial charge in [-0.25, -0.2) is 4.57 Å². The zero-order valence-electron chi connectivity index (χ0n) is 51.1. The standard InChI is InChI=1S/C69H115N2O7P/c1-7-10-13-16-19-22-25-28-30-32-33-34-35-36-37-39-40-43-46-49-52-55-58-61-68(72)70-66(65-77-79(74,75)76-64-63-71(4,5)6)67(60-57-54-51-48-45-42-27-24-21-18-15-12-9-3)78-69(73)62-59-56-53-50-47-44-41-38-31-29-26-23-20-17-14-11-8-2/h10-11,13-14,19-20,22-23,28-31,33-34,36-37,40-41,43-44,50,53,57,60,66-67H,7-9,12,15-18,21,24-27,32,35,38-39,42,45-49,51-52,54-56,58-59,61-65H2,1-6H3,(H-,70,72,74,75)/p+1/b13-10-,14-11-,22-19-,23-20-,30-28-,31-29-,34-33-,37-36-,43-40-,44-41-,53-50-,60-57-. The van der Waals surface area contributed by atoms with Gasteiger partial charge in [0.2, 0.25) is 5.91 Å². The fraction of sp³-hybridized carbons (Fsp3) is 0.623. The van der Waals surface area contributed by atoms with Crippen molar-refractivity contribution in [2.24, 2.45) is 0 Å². The van der Waals surface area contributed by atoms with Crippen LogP contribution in [0.3, 0.4) is 0 Å². The molecule has 448 valence electrons. The summed E-state index contributed by atoms with van der Waals surface area (Å²) in [5, 5.41) is 3.02. The first-order valence-electron chi connectivity index (χ1n) is 31.2. The topological polar surface area (TPSA) is 111 Å². The van der Waals surface area contributed by atoms with E-state index in [1.165, 1.54) is 57.8 Å². The number of hydrogen-bond acceptors (Lipinski definition) is 6. The van der Waals surface area contributed by atoms with Crippen molar-refractivity contribution in [2.75, 3.05) is 40.9 Å². The average molecular weight is 1120 g/mol. The van der Waals surface area contributed by atoms with Crippen molar-refractivity contribution >= 4 is 19.7 Å². The van der Waals surface area contributed by atoms with Gasteiger partial charge in [-0.1, -0.05) is 238 Å². The van der Waals surface area contributed by atoms with Crippen LogP contribution in [0.1, 0.15) is 226 Å². The Labute approximate surface area is 485 Å². The van der Waals surface area contributed by atoms with E-state index in [4.69, 9.17) is 13.8 Å². The molecule has 3 unspecified atom stereocenters. The van der Waals surface area contributed by atoms with E-state index >= 15 is 0 Å². The van der Waals surface area contributed by atoms with Gasteiger partial charge in [0.1, 0.15) is 19.3 Å². The number of unbranched alkanes of at least 4 members (excludes halogenated alkanes) is 16. The lowest BCUT2D eigenvalue weighted by molar-refractivity contribution is -0.870. The van der Waals surface area contributed by atoms with Crippen LogP contribution < -0.4 is 5.32 Å². The van der Waals surface area contributed by atoms with E-state index in [1.54, 1.807) is 0 Å². The molecule has 0 rings (SSSR count). The number of amides is 1. The molecule has 0 saturated carbocycles. The van der Waals surface area contributed by atoms with E-state index < -0.39 is 25.9 Å². The summed E-state index contributed by atoms with van der Waals surface area (Å²) in [6, 6.07) is -0.897. The fourth-order valence-electron chi connectivity index (χ4n) is 8.04. The zero-order chi connectivity index (χ0) is 57.9. The van der Waals surface area contributed by atoms with Crippen LogP contribution in [0.25, 0.3) is 0 Å². The lowest BCUT2D eigenvalue weighted by Crippen LogP contribution is -2.47. The van der Waals surface area contributed by atoms with Crippen molar-refractivity contribution in [1.82, 2.24) is 5.32 Å². The third-order valence-corrected chi connectivity index (χ3v) is 13.8. The van der Waals surface area contributed by atoms with Gasteiger partial charge in [0.05, 0.1) is 33.8 Å². The van der Waals surface area contributed by atoms with Crippen molar-refractivity contribution < 1.29 is 37.3 Å². The number of phosphoric acid groups is 1. The largest absolute Gasteiger partial charge is 0.472 e. The van der Waals surface area contributed by atoms with Gasteiger partial charge >= 0.3 is 13.8 Å². The summed E-state index contributed by atoms with van der Waals surface area (Å²) in [6.07, 6.45) is 82.8. The Hall–Kier alpha value is -4.11. The number of likely N-dealkylation sites (N-methyl/N-ethyl adjacent to an activating group) is 1. The Morgan fingerprint density at radius 2 is 0.823 bits per heavy atom. The minimum absolute atomic E-state index is 0.0174. The number of ether oxygens (including phenoxy) is 1. The average Bonchev–Trinajstić information content (AvgIpc) is 3.41. The first kappa shape index (κ1) is 74.9. The Morgan fingerprint density at radius 3 is 1.24 bits per heavy atom. The molecule has 3 atom stereocenters. The van der Waals surface area contributed by atoms with Crippen molar-refractivity contribution in [3.8, 4) is 0 Å². The van der Waals surface area contributed by atoms with Crippen LogP contribution in [-0.2, 0) is 27.9 Å². The second kappa shape index (κ2) is 57.1. The highest BCUT2D eigenvalue weighted by molar-refractivity contribution is 7.47. The zero-order valence-corrected chi connectivity index (χ0v) is 51.9. The van der Waals surface area contributed by atoms with Gasteiger partial charge in [-0.2, -0.15) is 0 Å². The van der Waals surface area contributed by atoms with Crippen LogP contribution >= 0.6 is 7.82 Å². The van der Waals surface area contributed by atoms with Gasteiger partial charge in [-0.05, 0) is 122 Å². The molecule has 0 spiro atoms. The second-order valence-electron chi connectivity index (χ2n) is 21.5. The van der Waals surface area contributed by atoms with Gasteiger partial charge in [0, 0.05) is 12.8 Å². The molecule has 0 aromatic rings. The van der Waals surface area contributed by atoms with Crippen LogP contribution in [0.4, 0.5) is 0 Å². The number of allylic oxidation sites excluding steroid dienone is 23. The number of nitrogens with one attached hydrogen (secondary N) is 1. The van der Waals surface area contributed by atoms with Crippen LogP contribution in [0.2, 0.25) is 0 Å². The predicted octanol–water partition coefficient (Wildman–Crippen LogP) is 19.4. The number of carbonyl (C=O) groups is 2. The lowest BCUT2D eigenvalue weighted by Gasteiger charge is -2.27. The summed E-state index contributed by atoms with van der Waals surface area (Å²) in [5.41, 5.74) is 0. The molecule has 0 aromatic carbocycles. The number of phosphoric ester groups is 1. The van der Waals surface area contributed by atoms with Gasteiger partial charge in [0.15, 0.2) is 0 Å². The molecule has 9 nitrogen and oxygen atoms in total. The Bertz CT molecular complexity index is 1860. The van der Waals surface area contributed by atoms with Crippen molar-refractivity contribution in [2.45, 2.75) is 238 Å². The van der Waals surface area contributed by atoms with E-state index in [0.29, 0.717) is 23.9 Å². The number of quaternary nitrogens is 1.